The van der Waals surface area contributed by atoms with Crippen LogP contribution >= 0.6 is 0 Å². The van der Waals surface area contributed by atoms with Crippen LogP contribution in [-0.2, 0) is 6.18 Å². The number of amides is 1. The van der Waals surface area contributed by atoms with Crippen LogP contribution < -0.4 is 19.5 Å². The van der Waals surface area contributed by atoms with Crippen molar-refractivity contribution in [1.82, 2.24) is 0 Å². The van der Waals surface area contributed by atoms with Crippen LogP contribution in [0.1, 0.15) is 15.9 Å². The molecule has 0 saturated heterocycles. The molecule has 0 aliphatic rings. The lowest BCUT2D eigenvalue weighted by Crippen LogP contribution is -2.13. The van der Waals surface area contributed by atoms with E-state index in [0.717, 1.165) is 24.3 Å². The number of anilines is 1. The highest BCUT2D eigenvalue weighted by atomic mass is 19.4. The molecule has 0 unspecified atom stereocenters. The number of nitrogens with one attached hydrogen (secondary N) is 1. The Labute approximate surface area is 142 Å². The predicted octanol–water partition coefficient (Wildman–Crippen LogP) is 3.98. The molecule has 0 aliphatic heterocycles. The van der Waals surface area contributed by atoms with Gasteiger partial charge in [0.2, 0.25) is 5.75 Å². The van der Waals surface area contributed by atoms with Crippen molar-refractivity contribution in [1.29, 1.82) is 0 Å². The van der Waals surface area contributed by atoms with Gasteiger partial charge in [0.25, 0.3) is 5.91 Å². The Morgan fingerprint density at radius 1 is 0.920 bits per heavy atom. The number of hydrogen-bond donors (Lipinski definition) is 1. The van der Waals surface area contributed by atoms with Gasteiger partial charge >= 0.3 is 6.18 Å². The van der Waals surface area contributed by atoms with Crippen molar-refractivity contribution in [2.24, 2.45) is 0 Å². The summed E-state index contributed by atoms with van der Waals surface area (Å²) < 4.78 is 53.2. The van der Waals surface area contributed by atoms with Crippen LogP contribution in [0.25, 0.3) is 0 Å². The minimum absolute atomic E-state index is 0.0850. The topological polar surface area (TPSA) is 56.8 Å². The monoisotopic (exact) mass is 355 g/mol. The van der Waals surface area contributed by atoms with Gasteiger partial charge in [-0.05, 0) is 24.3 Å². The Morgan fingerprint density at radius 2 is 1.44 bits per heavy atom. The highest BCUT2D eigenvalue weighted by Crippen LogP contribution is 2.40. The number of methoxy groups -OCH3 is 3. The average Bonchev–Trinajstić information content (AvgIpc) is 2.60. The summed E-state index contributed by atoms with van der Waals surface area (Å²) in [5.74, 6) is 0.467. The molecule has 0 aromatic heterocycles. The molecule has 0 heterocycles. The van der Waals surface area contributed by atoms with Crippen molar-refractivity contribution in [2.45, 2.75) is 6.18 Å². The van der Waals surface area contributed by atoms with Crippen molar-refractivity contribution in [3.05, 3.63) is 47.5 Å². The standard InChI is InChI=1S/C17H16F3NO4/c1-23-13-8-12(9-14(24-2)15(13)25-3)21-16(22)10-4-6-11(7-5-10)17(18,19)20/h4-9H,1-3H3,(H,21,22). The summed E-state index contributed by atoms with van der Waals surface area (Å²) in [6, 6.07) is 6.95. The van der Waals surface area contributed by atoms with E-state index in [-0.39, 0.29) is 5.56 Å². The van der Waals surface area contributed by atoms with Crippen molar-refractivity contribution in [2.75, 3.05) is 26.6 Å². The second-order valence-corrected chi connectivity index (χ2v) is 4.94. The van der Waals surface area contributed by atoms with E-state index in [1.165, 1.54) is 33.5 Å². The normalized spacial score (nSPS) is 11.0. The minimum atomic E-state index is -4.45. The van der Waals surface area contributed by atoms with Crippen LogP contribution in [0, 0.1) is 0 Å². The lowest BCUT2D eigenvalue weighted by Gasteiger charge is -2.14. The second-order valence-electron chi connectivity index (χ2n) is 4.94. The molecule has 0 aliphatic carbocycles. The van der Waals surface area contributed by atoms with Gasteiger partial charge in [0.15, 0.2) is 11.5 Å². The summed E-state index contributed by atoms with van der Waals surface area (Å²) >= 11 is 0. The van der Waals surface area contributed by atoms with Gasteiger partial charge in [-0.15, -0.1) is 0 Å². The first-order chi connectivity index (χ1) is 11.8. The molecule has 0 fully saturated rings. The van der Waals surface area contributed by atoms with E-state index in [9.17, 15) is 18.0 Å². The SMILES string of the molecule is COc1cc(NC(=O)c2ccc(C(F)(F)F)cc2)cc(OC)c1OC. The Kier molecular flexibility index (Phi) is 5.41. The van der Waals surface area contributed by atoms with Gasteiger partial charge in [-0.25, -0.2) is 0 Å². The number of rotatable bonds is 5. The maximum Gasteiger partial charge on any atom is 0.416 e. The van der Waals surface area contributed by atoms with E-state index in [1.807, 2.05) is 0 Å². The molecule has 8 heteroatoms. The van der Waals surface area contributed by atoms with E-state index in [4.69, 9.17) is 14.2 Å². The fourth-order valence-electron chi connectivity index (χ4n) is 2.17. The molecule has 134 valence electrons. The minimum Gasteiger partial charge on any atom is -0.493 e. The average molecular weight is 355 g/mol. The summed E-state index contributed by atoms with van der Waals surface area (Å²) in [4.78, 5) is 12.2. The zero-order valence-corrected chi connectivity index (χ0v) is 13.7. The molecule has 0 radical (unpaired) electrons. The van der Waals surface area contributed by atoms with Crippen LogP contribution in [0.3, 0.4) is 0 Å². The van der Waals surface area contributed by atoms with Crippen LogP contribution in [-0.4, -0.2) is 27.2 Å². The summed E-state index contributed by atoms with van der Waals surface area (Å²) in [6.07, 6.45) is -4.45. The molecule has 2 aromatic rings. The first-order valence-corrected chi connectivity index (χ1v) is 7.08. The van der Waals surface area contributed by atoms with Crippen LogP contribution in [0.5, 0.6) is 17.2 Å². The van der Waals surface area contributed by atoms with Crippen molar-refractivity contribution in [3.63, 3.8) is 0 Å². The highest BCUT2D eigenvalue weighted by molar-refractivity contribution is 6.04. The van der Waals surface area contributed by atoms with Gasteiger partial charge in [0, 0.05) is 23.4 Å². The molecule has 2 rings (SSSR count). The van der Waals surface area contributed by atoms with Crippen LogP contribution in [0.4, 0.5) is 18.9 Å². The Hall–Kier alpha value is -2.90. The molecule has 0 bridgehead atoms. The Bertz CT molecular complexity index is 732. The maximum atomic E-state index is 12.6. The van der Waals surface area contributed by atoms with Crippen LogP contribution in [0.15, 0.2) is 36.4 Å². The van der Waals surface area contributed by atoms with Crippen molar-refractivity contribution < 1.29 is 32.2 Å². The number of carbonyl (C=O) groups excluding carboxylic acids is 1. The number of carbonyl (C=O) groups is 1. The number of ether oxygens (including phenoxy) is 3. The van der Waals surface area contributed by atoms with E-state index in [2.05, 4.69) is 5.32 Å². The van der Waals surface area contributed by atoms with Gasteiger partial charge < -0.3 is 19.5 Å². The molecule has 2 aromatic carbocycles. The first-order valence-electron chi connectivity index (χ1n) is 7.08. The zero-order valence-electron chi connectivity index (χ0n) is 13.7. The highest BCUT2D eigenvalue weighted by Gasteiger charge is 2.30. The Morgan fingerprint density at radius 3 is 1.84 bits per heavy atom. The number of halogens is 3. The molecule has 1 amide bonds. The molecule has 0 spiro atoms. The zero-order chi connectivity index (χ0) is 18.6. The van der Waals surface area contributed by atoms with Crippen molar-refractivity contribution in [3.8, 4) is 17.2 Å². The smallest absolute Gasteiger partial charge is 0.416 e. The molecule has 1 N–H and O–H groups in total. The van der Waals surface area contributed by atoms with E-state index in [1.54, 1.807) is 0 Å². The summed E-state index contributed by atoms with van der Waals surface area (Å²) in [5.41, 5.74) is -0.391. The van der Waals surface area contributed by atoms with E-state index in [0.29, 0.717) is 22.9 Å². The lowest BCUT2D eigenvalue weighted by atomic mass is 10.1. The third-order valence-corrected chi connectivity index (χ3v) is 3.40. The largest absolute Gasteiger partial charge is 0.493 e. The van der Waals surface area contributed by atoms with Gasteiger partial charge in [0.05, 0.1) is 26.9 Å². The third-order valence-electron chi connectivity index (χ3n) is 3.40. The molecule has 5 nitrogen and oxygen atoms in total. The molecule has 0 atom stereocenters. The van der Waals surface area contributed by atoms with E-state index >= 15 is 0 Å². The maximum absolute atomic E-state index is 12.6. The Balaban J connectivity index is 2.25. The predicted molar refractivity (Wildman–Crippen MR) is 85.5 cm³/mol. The molecule has 0 saturated carbocycles. The number of alkyl halides is 3. The lowest BCUT2D eigenvalue weighted by molar-refractivity contribution is -0.137. The van der Waals surface area contributed by atoms with Gasteiger partial charge in [-0.3, -0.25) is 4.79 Å². The van der Waals surface area contributed by atoms with Crippen molar-refractivity contribution >= 4 is 11.6 Å². The van der Waals surface area contributed by atoms with E-state index < -0.39 is 17.6 Å². The number of hydrogen-bond acceptors (Lipinski definition) is 4. The van der Waals surface area contributed by atoms with Crippen LogP contribution in [0.2, 0.25) is 0 Å². The molecular formula is C17H16F3NO4. The third kappa shape index (κ3) is 4.14. The summed E-state index contributed by atoms with van der Waals surface area (Å²) in [7, 11) is 4.30. The van der Waals surface area contributed by atoms with Gasteiger partial charge in [0.1, 0.15) is 0 Å². The summed E-state index contributed by atoms with van der Waals surface area (Å²) in [6.45, 7) is 0. The van der Waals surface area contributed by atoms with Gasteiger partial charge in [-0.2, -0.15) is 13.2 Å². The quantitative estimate of drug-likeness (QED) is 0.881. The summed E-state index contributed by atoms with van der Waals surface area (Å²) in [5, 5.41) is 2.58. The fraction of sp³-hybridized carbons (Fsp3) is 0.235. The molecular weight excluding hydrogens is 339 g/mol. The first kappa shape index (κ1) is 18.4. The fourth-order valence-corrected chi connectivity index (χ4v) is 2.17. The van der Waals surface area contributed by atoms with Gasteiger partial charge in [-0.1, -0.05) is 0 Å². The number of benzene rings is 2. The molecule has 25 heavy (non-hydrogen) atoms. The second kappa shape index (κ2) is 7.33.